The second kappa shape index (κ2) is 5.77. The molecule has 0 spiro atoms. The van der Waals surface area contributed by atoms with Gasteiger partial charge in [-0.2, -0.15) is 8.42 Å². The number of rotatable bonds is 4. The fourth-order valence-electron chi connectivity index (χ4n) is 2.64. The highest BCUT2D eigenvalue weighted by Crippen LogP contribution is 2.29. The van der Waals surface area contributed by atoms with E-state index >= 15 is 0 Å². The lowest BCUT2D eigenvalue weighted by Crippen LogP contribution is -2.24. The van der Waals surface area contributed by atoms with Gasteiger partial charge in [-0.05, 0) is 6.92 Å². The van der Waals surface area contributed by atoms with E-state index < -0.39 is 21.9 Å². The molecule has 1 atom stereocenters. The first kappa shape index (κ1) is 15.7. The van der Waals surface area contributed by atoms with Crippen LogP contribution in [-0.4, -0.2) is 31.8 Å². The third kappa shape index (κ3) is 3.58. The number of amides is 1. The van der Waals surface area contributed by atoms with Gasteiger partial charge in [-0.3, -0.25) is 9.69 Å². The number of carbonyl (C=O) groups excluding carboxylic acids is 1. The molecule has 1 fully saturated rings. The second-order valence-corrected chi connectivity index (χ2v) is 7.11. The molecule has 0 radical (unpaired) electrons. The molecule has 23 heavy (non-hydrogen) atoms. The summed E-state index contributed by atoms with van der Waals surface area (Å²) in [7, 11) is -4.60. The largest absolute Gasteiger partial charge is 0.338 e. The molecule has 1 aromatic carbocycles. The van der Waals surface area contributed by atoms with Crippen molar-refractivity contribution in [1.29, 1.82) is 0 Å². The monoisotopic (exact) mass is 338 g/mol. The molecule has 0 saturated carbocycles. The minimum Gasteiger partial charge on any atom is -0.338 e. The Bertz CT molecular complexity index is 829. The number of hydrogen-bond donors (Lipinski definition) is 0. The zero-order valence-electron chi connectivity index (χ0n) is 12.4. The predicted octanol–water partition coefficient (Wildman–Crippen LogP) is 2.30. The molecule has 1 aromatic heterocycles. The van der Waals surface area contributed by atoms with Crippen molar-refractivity contribution in [3.05, 3.63) is 35.9 Å². The van der Waals surface area contributed by atoms with Crippen molar-refractivity contribution >= 4 is 22.0 Å². The Hall–Kier alpha value is -2.22. The van der Waals surface area contributed by atoms with E-state index in [-0.39, 0.29) is 24.8 Å². The van der Waals surface area contributed by atoms with Gasteiger partial charge in [0.25, 0.3) is 0 Å². The lowest BCUT2D eigenvalue weighted by Gasteiger charge is -2.11. The van der Waals surface area contributed by atoms with E-state index in [1.54, 1.807) is 6.07 Å². The van der Waals surface area contributed by atoms with E-state index in [1.807, 2.05) is 31.2 Å². The summed E-state index contributed by atoms with van der Waals surface area (Å²) in [5.41, 5.74) is 2.54. The van der Waals surface area contributed by atoms with Crippen LogP contribution in [0.3, 0.4) is 0 Å². The van der Waals surface area contributed by atoms with Gasteiger partial charge in [-0.25, -0.2) is 0 Å². The average Bonchev–Trinajstić information content (AvgIpc) is 3.04. The first-order valence-corrected chi connectivity index (χ1v) is 8.63. The van der Waals surface area contributed by atoms with Gasteiger partial charge in [0.15, 0.2) is 0 Å². The molecule has 2 heterocycles. The van der Waals surface area contributed by atoms with Crippen molar-refractivity contribution in [1.82, 2.24) is 5.16 Å². The summed E-state index contributed by atoms with van der Waals surface area (Å²) in [5.74, 6) is -1.30. The summed E-state index contributed by atoms with van der Waals surface area (Å²) < 4.78 is 39.4. The molecule has 1 amide bonds. The van der Waals surface area contributed by atoms with Crippen LogP contribution in [-0.2, 0) is 15.0 Å². The summed E-state index contributed by atoms with van der Waals surface area (Å²) in [6, 6.07) is 9.27. The highest BCUT2D eigenvalue weighted by molar-refractivity contribution is 7.86. The summed E-state index contributed by atoms with van der Waals surface area (Å²) in [5, 5.41) is 3.93. The van der Waals surface area contributed by atoms with Crippen molar-refractivity contribution in [2.75, 3.05) is 17.2 Å². The standard InChI is InChI=1S/C15H15FN2O4S/c1-10-2-4-12(5-3-10)13-7-15(22-17-13)18-8-11(6-14(18)19)9-23(16,20)21/h2-5,7,11H,6,8-9H2,1H3. The molecule has 1 saturated heterocycles. The van der Waals surface area contributed by atoms with Gasteiger partial charge in [-0.15, -0.1) is 3.89 Å². The number of benzene rings is 1. The lowest BCUT2D eigenvalue weighted by atomic mass is 10.1. The van der Waals surface area contributed by atoms with E-state index in [0.717, 1.165) is 11.1 Å². The van der Waals surface area contributed by atoms with Crippen LogP contribution >= 0.6 is 0 Å². The molecule has 3 rings (SSSR count). The summed E-state index contributed by atoms with van der Waals surface area (Å²) >= 11 is 0. The van der Waals surface area contributed by atoms with Crippen LogP contribution < -0.4 is 4.90 Å². The third-order valence-electron chi connectivity index (χ3n) is 3.75. The van der Waals surface area contributed by atoms with Crippen LogP contribution in [0.5, 0.6) is 0 Å². The molecule has 0 N–H and O–H groups in total. The number of anilines is 1. The van der Waals surface area contributed by atoms with Crippen LogP contribution in [0.1, 0.15) is 12.0 Å². The Kier molecular flexibility index (Phi) is 3.93. The van der Waals surface area contributed by atoms with Gasteiger partial charge in [0.1, 0.15) is 5.69 Å². The maximum absolute atomic E-state index is 12.8. The Morgan fingerprint density at radius 3 is 2.70 bits per heavy atom. The van der Waals surface area contributed by atoms with Crippen molar-refractivity contribution in [2.24, 2.45) is 5.92 Å². The molecule has 0 aliphatic carbocycles. The maximum Gasteiger partial charge on any atom is 0.302 e. The number of halogens is 1. The Morgan fingerprint density at radius 1 is 1.35 bits per heavy atom. The van der Waals surface area contributed by atoms with Crippen LogP contribution in [0.2, 0.25) is 0 Å². The molecule has 1 unspecified atom stereocenters. The first-order chi connectivity index (χ1) is 10.8. The number of nitrogens with zero attached hydrogens (tertiary/aromatic N) is 2. The molecule has 1 aliphatic rings. The van der Waals surface area contributed by atoms with Gasteiger partial charge in [0.2, 0.25) is 11.8 Å². The topological polar surface area (TPSA) is 80.5 Å². The highest BCUT2D eigenvalue weighted by Gasteiger charge is 2.35. The van der Waals surface area contributed by atoms with Crippen LogP contribution in [0.25, 0.3) is 11.3 Å². The van der Waals surface area contributed by atoms with E-state index in [9.17, 15) is 17.1 Å². The number of aromatic nitrogens is 1. The summed E-state index contributed by atoms with van der Waals surface area (Å²) in [6.07, 6.45) is -0.0241. The maximum atomic E-state index is 12.8. The molecule has 6 nitrogen and oxygen atoms in total. The minimum absolute atomic E-state index is 0.0241. The van der Waals surface area contributed by atoms with Gasteiger partial charge in [0.05, 0.1) is 5.75 Å². The molecule has 2 aromatic rings. The molecular formula is C15H15FN2O4S. The SMILES string of the molecule is Cc1ccc(-c2cc(N3CC(CS(=O)(=O)F)CC3=O)on2)cc1. The number of hydrogen-bond acceptors (Lipinski definition) is 5. The summed E-state index contributed by atoms with van der Waals surface area (Å²) in [6.45, 7) is 2.07. The van der Waals surface area contributed by atoms with Crippen molar-refractivity contribution in [3.63, 3.8) is 0 Å². The quantitative estimate of drug-likeness (QED) is 0.799. The van der Waals surface area contributed by atoms with Gasteiger partial charge >= 0.3 is 10.2 Å². The first-order valence-electron chi connectivity index (χ1n) is 7.08. The normalized spacial score (nSPS) is 18.6. The predicted molar refractivity (Wildman–Crippen MR) is 82.0 cm³/mol. The van der Waals surface area contributed by atoms with Crippen LogP contribution in [0.15, 0.2) is 34.9 Å². The van der Waals surface area contributed by atoms with Gasteiger partial charge < -0.3 is 4.52 Å². The molecule has 1 aliphatic heterocycles. The van der Waals surface area contributed by atoms with Crippen LogP contribution in [0.4, 0.5) is 9.77 Å². The van der Waals surface area contributed by atoms with E-state index in [0.29, 0.717) is 5.69 Å². The molecule has 0 bridgehead atoms. The van der Waals surface area contributed by atoms with Crippen LogP contribution in [0, 0.1) is 12.8 Å². The van der Waals surface area contributed by atoms with Crippen molar-refractivity contribution in [3.8, 4) is 11.3 Å². The number of carbonyl (C=O) groups is 1. The smallest absolute Gasteiger partial charge is 0.302 e. The Morgan fingerprint density at radius 2 is 2.04 bits per heavy atom. The fraction of sp³-hybridized carbons (Fsp3) is 0.333. The minimum atomic E-state index is -4.60. The van der Waals surface area contributed by atoms with Crippen molar-refractivity contribution in [2.45, 2.75) is 13.3 Å². The number of aryl methyl sites for hydroxylation is 1. The Balaban J connectivity index is 1.78. The molecular weight excluding hydrogens is 323 g/mol. The summed E-state index contributed by atoms with van der Waals surface area (Å²) in [4.78, 5) is 13.3. The zero-order valence-corrected chi connectivity index (χ0v) is 13.2. The second-order valence-electron chi connectivity index (χ2n) is 5.70. The van der Waals surface area contributed by atoms with E-state index in [2.05, 4.69) is 5.16 Å². The van der Waals surface area contributed by atoms with E-state index in [1.165, 1.54) is 4.90 Å². The Labute approximate surface area is 133 Å². The molecule has 122 valence electrons. The highest BCUT2D eigenvalue weighted by atomic mass is 32.3. The molecule has 8 heteroatoms. The third-order valence-corrected chi connectivity index (χ3v) is 4.62. The van der Waals surface area contributed by atoms with Gasteiger partial charge in [-0.1, -0.05) is 35.0 Å². The van der Waals surface area contributed by atoms with Crippen molar-refractivity contribution < 1.29 is 21.6 Å². The lowest BCUT2D eigenvalue weighted by molar-refractivity contribution is -0.117. The van der Waals surface area contributed by atoms with Gasteiger partial charge in [0, 0.05) is 30.5 Å². The zero-order chi connectivity index (χ0) is 16.6. The average molecular weight is 338 g/mol. The van der Waals surface area contributed by atoms with E-state index in [4.69, 9.17) is 4.52 Å². The fourth-order valence-corrected chi connectivity index (χ4v) is 3.43.